The van der Waals surface area contributed by atoms with Gasteiger partial charge in [-0.05, 0) is 70.5 Å². The summed E-state index contributed by atoms with van der Waals surface area (Å²) in [6.45, 7) is 5.83. The van der Waals surface area contributed by atoms with Crippen LogP contribution in [-0.2, 0) is 9.84 Å². The number of carbonyl (C=O) groups is 1. The molecule has 0 radical (unpaired) electrons. The monoisotopic (exact) mass is 374 g/mol. The Labute approximate surface area is 151 Å². The predicted octanol–water partition coefficient (Wildman–Crippen LogP) is 2.36. The molecule has 0 saturated carbocycles. The van der Waals surface area contributed by atoms with Crippen LogP contribution in [0, 0.1) is 5.92 Å². The van der Waals surface area contributed by atoms with Gasteiger partial charge < -0.3 is 10.2 Å². The summed E-state index contributed by atoms with van der Waals surface area (Å²) in [4.78, 5) is 14.7. The number of hydrogen-bond acceptors (Lipinski definition) is 4. The molecule has 0 aliphatic carbocycles. The van der Waals surface area contributed by atoms with E-state index in [-0.39, 0.29) is 23.2 Å². The Morgan fingerprint density at radius 1 is 1.21 bits per heavy atom. The van der Waals surface area contributed by atoms with Crippen LogP contribution in [0.5, 0.6) is 0 Å². The highest BCUT2D eigenvalue weighted by molar-refractivity contribution is 7.92. The molecule has 2 rings (SSSR count). The first-order chi connectivity index (χ1) is 10.9. The van der Waals surface area contributed by atoms with Crippen LogP contribution in [0.2, 0.25) is 0 Å². The van der Waals surface area contributed by atoms with Gasteiger partial charge in [-0.3, -0.25) is 4.79 Å². The average molecular weight is 375 g/mol. The molecule has 1 heterocycles. The van der Waals surface area contributed by atoms with Crippen LogP contribution in [-0.4, -0.2) is 51.2 Å². The Hall–Kier alpha value is -1.11. The molecular weight excluding hydrogens is 348 g/mol. The van der Waals surface area contributed by atoms with E-state index in [1.165, 1.54) is 12.1 Å². The second kappa shape index (κ2) is 8.83. The molecule has 1 aliphatic heterocycles. The molecule has 7 heteroatoms. The molecule has 0 unspecified atom stereocenters. The molecule has 0 aromatic heterocycles. The van der Waals surface area contributed by atoms with E-state index >= 15 is 0 Å². The molecular formula is C17H27ClN2O3S. The van der Waals surface area contributed by atoms with Crippen molar-refractivity contribution in [1.29, 1.82) is 0 Å². The minimum Gasteiger partial charge on any atom is -0.339 e. The number of hydrogen-bond donors (Lipinski definition) is 1. The Morgan fingerprint density at radius 3 is 2.21 bits per heavy atom. The number of likely N-dealkylation sites (tertiary alicyclic amines) is 1. The quantitative estimate of drug-likeness (QED) is 0.859. The van der Waals surface area contributed by atoms with E-state index in [1.807, 2.05) is 11.9 Å². The van der Waals surface area contributed by atoms with Crippen molar-refractivity contribution in [3.63, 3.8) is 0 Å². The third kappa shape index (κ3) is 4.71. The van der Waals surface area contributed by atoms with Crippen molar-refractivity contribution in [2.45, 2.75) is 36.8 Å². The van der Waals surface area contributed by atoms with Gasteiger partial charge in [0.1, 0.15) is 0 Å². The molecule has 1 fully saturated rings. The molecule has 0 spiro atoms. The Balaban J connectivity index is 0.00000288. The minimum atomic E-state index is -3.29. The molecule has 1 aromatic rings. The highest BCUT2D eigenvalue weighted by Crippen LogP contribution is 2.20. The normalized spacial score (nSPS) is 16.1. The van der Waals surface area contributed by atoms with Gasteiger partial charge in [-0.1, -0.05) is 0 Å². The van der Waals surface area contributed by atoms with Crippen LogP contribution in [0.1, 0.15) is 37.0 Å². The number of piperidine rings is 1. The van der Waals surface area contributed by atoms with E-state index in [4.69, 9.17) is 0 Å². The zero-order chi connectivity index (χ0) is 17.0. The summed E-state index contributed by atoms with van der Waals surface area (Å²) in [6, 6.07) is 6.32. The molecule has 136 valence electrons. The summed E-state index contributed by atoms with van der Waals surface area (Å²) in [7, 11) is -1.34. The fraction of sp³-hybridized carbons (Fsp3) is 0.588. The van der Waals surface area contributed by atoms with Crippen LogP contribution in [0.15, 0.2) is 29.2 Å². The topological polar surface area (TPSA) is 66.5 Å². The summed E-state index contributed by atoms with van der Waals surface area (Å²) < 4.78 is 24.2. The van der Waals surface area contributed by atoms with Gasteiger partial charge in [-0.2, -0.15) is 0 Å². The molecule has 24 heavy (non-hydrogen) atoms. The summed E-state index contributed by atoms with van der Waals surface area (Å²) in [6.07, 6.45) is 2.01. The number of amides is 1. The molecule has 1 saturated heterocycles. The molecule has 1 amide bonds. The van der Waals surface area contributed by atoms with Crippen LogP contribution in [0.4, 0.5) is 0 Å². The first kappa shape index (κ1) is 20.9. The molecule has 0 bridgehead atoms. The third-order valence-corrected chi connectivity index (χ3v) is 6.62. The number of rotatable bonds is 5. The van der Waals surface area contributed by atoms with Gasteiger partial charge in [0.2, 0.25) is 0 Å². The first-order valence-electron chi connectivity index (χ1n) is 8.14. The lowest BCUT2D eigenvalue weighted by Gasteiger charge is -2.32. The van der Waals surface area contributed by atoms with Crippen molar-refractivity contribution < 1.29 is 13.2 Å². The highest BCUT2D eigenvalue weighted by Gasteiger charge is 2.24. The number of halogens is 1. The number of benzene rings is 1. The lowest BCUT2D eigenvalue weighted by atomic mass is 9.96. The summed E-state index contributed by atoms with van der Waals surface area (Å²) in [5.41, 5.74) is 0.555. The number of nitrogens with one attached hydrogen (secondary N) is 1. The standard InChI is InChI=1S/C17H26N2O3S.ClH/c1-13(2)23(21,22)16-6-4-15(5-7-16)17(20)19-10-8-14(9-11-19)12-18-3;/h4-7,13-14,18H,8-12H2,1-3H3;1H. The number of nitrogens with zero attached hydrogens (tertiary/aromatic N) is 1. The van der Waals surface area contributed by atoms with Crippen LogP contribution in [0.3, 0.4) is 0 Å². The Kier molecular flexibility index (Phi) is 7.70. The number of carbonyl (C=O) groups excluding carboxylic acids is 1. The fourth-order valence-electron chi connectivity index (χ4n) is 2.87. The number of sulfone groups is 1. The minimum absolute atomic E-state index is 0. The zero-order valence-corrected chi connectivity index (χ0v) is 16.1. The average Bonchev–Trinajstić information content (AvgIpc) is 2.55. The lowest BCUT2D eigenvalue weighted by Crippen LogP contribution is -2.40. The Morgan fingerprint density at radius 2 is 1.75 bits per heavy atom. The first-order valence-corrected chi connectivity index (χ1v) is 9.68. The fourth-order valence-corrected chi connectivity index (χ4v) is 3.93. The maximum atomic E-state index is 12.5. The van der Waals surface area contributed by atoms with Gasteiger partial charge in [0.05, 0.1) is 10.1 Å². The van der Waals surface area contributed by atoms with E-state index in [0.29, 0.717) is 11.5 Å². The highest BCUT2D eigenvalue weighted by atomic mass is 35.5. The van der Waals surface area contributed by atoms with Crippen molar-refractivity contribution in [2.75, 3.05) is 26.7 Å². The molecule has 5 nitrogen and oxygen atoms in total. The molecule has 1 N–H and O–H groups in total. The van der Waals surface area contributed by atoms with Gasteiger partial charge in [-0.15, -0.1) is 12.4 Å². The smallest absolute Gasteiger partial charge is 0.253 e. The molecule has 0 atom stereocenters. The maximum absolute atomic E-state index is 12.5. The molecule has 1 aliphatic rings. The van der Waals surface area contributed by atoms with Crippen molar-refractivity contribution in [2.24, 2.45) is 5.92 Å². The van der Waals surface area contributed by atoms with Gasteiger partial charge >= 0.3 is 0 Å². The maximum Gasteiger partial charge on any atom is 0.253 e. The van der Waals surface area contributed by atoms with E-state index in [0.717, 1.165) is 32.5 Å². The van der Waals surface area contributed by atoms with Gasteiger partial charge in [0.25, 0.3) is 5.91 Å². The summed E-state index contributed by atoms with van der Waals surface area (Å²) in [5.74, 6) is 0.615. The Bertz CT molecular complexity index is 636. The van der Waals surface area contributed by atoms with Gasteiger partial charge in [0, 0.05) is 18.7 Å². The van der Waals surface area contributed by atoms with Gasteiger partial charge in [-0.25, -0.2) is 8.42 Å². The van der Waals surface area contributed by atoms with Crippen LogP contribution < -0.4 is 5.32 Å². The largest absolute Gasteiger partial charge is 0.339 e. The predicted molar refractivity (Wildman–Crippen MR) is 98.6 cm³/mol. The van der Waals surface area contributed by atoms with Crippen molar-refractivity contribution in [3.8, 4) is 0 Å². The zero-order valence-electron chi connectivity index (χ0n) is 14.5. The van der Waals surface area contributed by atoms with Crippen LogP contribution >= 0.6 is 12.4 Å². The lowest BCUT2D eigenvalue weighted by molar-refractivity contribution is 0.0691. The summed E-state index contributed by atoms with van der Waals surface area (Å²) in [5, 5.41) is 2.72. The van der Waals surface area contributed by atoms with Gasteiger partial charge in [0.15, 0.2) is 9.84 Å². The third-order valence-electron chi connectivity index (χ3n) is 4.44. The second-order valence-corrected chi connectivity index (χ2v) is 8.92. The summed E-state index contributed by atoms with van der Waals surface area (Å²) >= 11 is 0. The SMILES string of the molecule is CNCC1CCN(C(=O)c2ccc(S(=O)(=O)C(C)C)cc2)CC1.Cl. The van der Waals surface area contributed by atoms with E-state index < -0.39 is 15.1 Å². The molecule has 1 aromatic carbocycles. The van der Waals surface area contributed by atoms with Crippen LogP contribution in [0.25, 0.3) is 0 Å². The van der Waals surface area contributed by atoms with E-state index in [1.54, 1.807) is 26.0 Å². The van der Waals surface area contributed by atoms with Crippen molar-refractivity contribution in [3.05, 3.63) is 29.8 Å². The van der Waals surface area contributed by atoms with Crippen molar-refractivity contribution >= 4 is 28.2 Å². The second-order valence-electron chi connectivity index (χ2n) is 6.41. The van der Waals surface area contributed by atoms with E-state index in [2.05, 4.69) is 5.32 Å². The van der Waals surface area contributed by atoms with E-state index in [9.17, 15) is 13.2 Å². The van der Waals surface area contributed by atoms with Crippen molar-refractivity contribution in [1.82, 2.24) is 10.2 Å².